The van der Waals surface area contributed by atoms with Gasteiger partial charge in [0.1, 0.15) is 0 Å². The van der Waals surface area contributed by atoms with Gasteiger partial charge in [-0.25, -0.2) is 8.42 Å². The van der Waals surface area contributed by atoms with Crippen LogP contribution in [0.15, 0.2) is 29.2 Å². The Bertz CT molecular complexity index is 652. The Kier molecular flexibility index (Phi) is 6.37. The van der Waals surface area contributed by atoms with Crippen molar-refractivity contribution in [2.75, 3.05) is 27.7 Å². The van der Waals surface area contributed by atoms with Crippen LogP contribution in [0.3, 0.4) is 0 Å². The van der Waals surface area contributed by atoms with Crippen molar-refractivity contribution in [1.82, 2.24) is 9.37 Å². The first kappa shape index (κ1) is 18.9. The van der Waals surface area contributed by atoms with Crippen LogP contribution in [0, 0.1) is 5.92 Å². The van der Waals surface area contributed by atoms with Gasteiger partial charge in [-0.3, -0.25) is 9.63 Å². The first-order chi connectivity index (χ1) is 11.4. The van der Waals surface area contributed by atoms with Crippen LogP contribution in [0.25, 0.3) is 0 Å². The van der Waals surface area contributed by atoms with Crippen molar-refractivity contribution in [2.45, 2.75) is 37.0 Å². The molecule has 1 aromatic rings. The van der Waals surface area contributed by atoms with E-state index in [1.807, 2.05) is 0 Å². The maximum absolute atomic E-state index is 12.5. The van der Waals surface area contributed by atoms with Crippen LogP contribution in [-0.2, 0) is 14.9 Å². The molecule has 0 unspecified atom stereocenters. The van der Waals surface area contributed by atoms with Crippen LogP contribution in [-0.4, -0.2) is 51.4 Å². The number of carbonyl (C=O) groups is 1. The van der Waals surface area contributed by atoms with Crippen molar-refractivity contribution in [2.24, 2.45) is 5.92 Å². The summed E-state index contributed by atoms with van der Waals surface area (Å²) in [4.78, 5) is 19.1. The van der Waals surface area contributed by atoms with Gasteiger partial charge in [0.2, 0.25) is 0 Å². The minimum absolute atomic E-state index is 0.0791. The number of sulfonamides is 1. The van der Waals surface area contributed by atoms with Gasteiger partial charge in [-0.05, 0) is 43.0 Å². The smallest absolute Gasteiger partial charge is 0.264 e. The lowest BCUT2D eigenvalue weighted by Gasteiger charge is -2.27. The monoisotopic (exact) mass is 354 g/mol. The van der Waals surface area contributed by atoms with Crippen LogP contribution in [0.5, 0.6) is 0 Å². The summed E-state index contributed by atoms with van der Waals surface area (Å²) in [6.45, 7) is 0.755. The molecule has 1 aliphatic rings. The number of hydrogen-bond donors (Lipinski definition) is 0. The lowest BCUT2D eigenvalue weighted by atomic mass is 9.89. The van der Waals surface area contributed by atoms with Gasteiger partial charge in [0.25, 0.3) is 15.9 Å². The Morgan fingerprint density at radius 2 is 1.71 bits per heavy atom. The van der Waals surface area contributed by atoms with Gasteiger partial charge in [-0.1, -0.05) is 23.7 Å². The molecule has 0 N–H and O–H groups in total. The van der Waals surface area contributed by atoms with Crippen LogP contribution >= 0.6 is 0 Å². The quantitative estimate of drug-likeness (QED) is 0.736. The van der Waals surface area contributed by atoms with E-state index < -0.39 is 10.0 Å². The topological polar surface area (TPSA) is 66.9 Å². The molecule has 1 amide bonds. The van der Waals surface area contributed by atoms with Crippen LogP contribution in [0.1, 0.15) is 42.5 Å². The zero-order valence-corrected chi connectivity index (χ0v) is 15.4. The minimum atomic E-state index is -3.69. The second-order valence-corrected chi connectivity index (χ2v) is 8.25. The Balaban J connectivity index is 2.05. The molecule has 7 heteroatoms. The average Bonchev–Trinajstić information content (AvgIpc) is 2.61. The van der Waals surface area contributed by atoms with Crippen molar-refractivity contribution in [3.05, 3.63) is 29.8 Å². The van der Waals surface area contributed by atoms with E-state index in [1.54, 1.807) is 24.1 Å². The Morgan fingerprint density at radius 3 is 2.25 bits per heavy atom. The van der Waals surface area contributed by atoms with E-state index in [1.165, 1.54) is 58.4 Å². The summed E-state index contributed by atoms with van der Waals surface area (Å²) in [5.74, 6) is 0.493. The van der Waals surface area contributed by atoms with Gasteiger partial charge < -0.3 is 4.90 Å². The SMILES string of the molecule is CON(C)S(=O)(=O)c1ccc(C(=O)N(C)CC2CCCCC2)cc1. The number of hydroxylamine groups is 1. The molecule has 0 aliphatic heterocycles. The molecular formula is C17H26N2O4S. The lowest BCUT2D eigenvalue weighted by molar-refractivity contribution is -0.0258. The highest BCUT2D eigenvalue weighted by molar-refractivity contribution is 7.89. The third-order valence-electron chi connectivity index (χ3n) is 4.60. The summed E-state index contributed by atoms with van der Waals surface area (Å²) in [6.07, 6.45) is 6.13. The molecule has 24 heavy (non-hydrogen) atoms. The van der Waals surface area contributed by atoms with Crippen molar-refractivity contribution in [3.8, 4) is 0 Å². The van der Waals surface area contributed by atoms with Crippen molar-refractivity contribution < 1.29 is 18.0 Å². The molecular weight excluding hydrogens is 328 g/mol. The number of amides is 1. The molecule has 6 nitrogen and oxygen atoms in total. The molecule has 1 fully saturated rings. The fraction of sp³-hybridized carbons (Fsp3) is 0.588. The van der Waals surface area contributed by atoms with E-state index in [4.69, 9.17) is 4.84 Å². The predicted molar refractivity (Wildman–Crippen MR) is 91.9 cm³/mol. The normalized spacial score (nSPS) is 16.3. The van der Waals surface area contributed by atoms with Gasteiger partial charge in [0, 0.05) is 26.2 Å². The summed E-state index contributed by atoms with van der Waals surface area (Å²) in [7, 11) is 0.731. The van der Waals surface area contributed by atoms with Crippen LogP contribution < -0.4 is 0 Å². The van der Waals surface area contributed by atoms with E-state index in [0.29, 0.717) is 11.5 Å². The largest absolute Gasteiger partial charge is 0.341 e. The van der Waals surface area contributed by atoms with E-state index in [0.717, 1.165) is 11.0 Å². The van der Waals surface area contributed by atoms with E-state index >= 15 is 0 Å². The molecule has 134 valence electrons. The summed E-state index contributed by atoms with van der Waals surface area (Å²) in [5.41, 5.74) is 0.493. The van der Waals surface area contributed by atoms with Gasteiger partial charge in [0.15, 0.2) is 0 Å². The van der Waals surface area contributed by atoms with Gasteiger partial charge in [-0.15, -0.1) is 0 Å². The van der Waals surface area contributed by atoms with E-state index in [9.17, 15) is 13.2 Å². The molecule has 1 aromatic carbocycles. The molecule has 0 heterocycles. The molecule has 1 saturated carbocycles. The van der Waals surface area contributed by atoms with Crippen LogP contribution in [0.4, 0.5) is 0 Å². The summed E-state index contributed by atoms with van der Waals surface area (Å²) in [6, 6.07) is 5.98. The van der Waals surface area contributed by atoms with E-state index in [-0.39, 0.29) is 10.8 Å². The predicted octanol–water partition coefficient (Wildman–Crippen LogP) is 2.52. The first-order valence-corrected chi connectivity index (χ1v) is 9.69. The fourth-order valence-corrected chi connectivity index (χ4v) is 4.05. The lowest BCUT2D eigenvalue weighted by Crippen LogP contribution is -2.32. The zero-order valence-electron chi connectivity index (χ0n) is 14.6. The molecule has 0 radical (unpaired) electrons. The third-order valence-corrected chi connectivity index (χ3v) is 6.29. The molecule has 0 atom stereocenters. The first-order valence-electron chi connectivity index (χ1n) is 8.25. The Labute approximate surface area is 144 Å². The number of hydrogen-bond acceptors (Lipinski definition) is 4. The average molecular weight is 354 g/mol. The molecule has 0 bridgehead atoms. The molecule has 0 saturated heterocycles. The van der Waals surface area contributed by atoms with Gasteiger partial charge >= 0.3 is 0 Å². The highest BCUT2D eigenvalue weighted by Gasteiger charge is 2.22. The minimum Gasteiger partial charge on any atom is -0.341 e. The third kappa shape index (κ3) is 4.34. The summed E-state index contributed by atoms with van der Waals surface area (Å²) >= 11 is 0. The summed E-state index contributed by atoms with van der Waals surface area (Å²) in [5, 5.41) is 0. The number of carbonyl (C=O) groups excluding carboxylic acids is 1. The van der Waals surface area contributed by atoms with Crippen molar-refractivity contribution >= 4 is 15.9 Å². The van der Waals surface area contributed by atoms with E-state index in [2.05, 4.69) is 0 Å². The standard InChI is InChI=1S/C17H26N2O4S/c1-18(13-14-7-5-4-6-8-14)17(20)15-9-11-16(12-10-15)24(21,22)19(2)23-3/h9-12,14H,4-8,13H2,1-3H3. The van der Waals surface area contributed by atoms with Crippen molar-refractivity contribution in [3.63, 3.8) is 0 Å². The highest BCUT2D eigenvalue weighted by Crippen LogP contribution is 2.24. The molecule has 0 aromatic heterocycles. The van der Waals surface area contributed by atoms with Gasteiger partial charge in [0.05, 0.1) is 12.0 Å². The zero-order chi connectivity index (χ0) is 17.7. The Morgan fingerprint density at radius 1 is 1.12 bits per heavy atom. The van der Waals surface area contributed by atoms with Crippen molar-refractivity contribution in [1.29, 1.82) is 0 Å². The van der Waals surface area contributed by atoms with Crippen LogP contribution in [0.2, 0.25) is 0 Å². The Hall–Kier alpha value is -1.44. The molecule has 1 aliphatic carbocycles. The summed E-state index contributed by atoms with van der Waals surface area (Å²) < 4.78 is 25.1. The fourth-order valence-electron chi connectivity index (χ4n) is 3.08. The maximum atomic E-state index is 12.5. The van der Waals surface area contributed by atoms with Gasteiger partial charge in [-0.2, -0.15) is 0 Å². The second-order valence-electron chi connectivity index (χ2n) is 6.31. The number of rotatable bonds is 6. The number of benzene rings is 1. The maximum Gasteiger partial charge on any atom is 0.264 e. The number of nitrogens with zero attached hydrogens (tertiary/aromatic N) is 2. The molecule has 0 spiro atoms. The second kappa shape index (κ2) is 8.09. The highest BCUT2D eigenvalue weighted by atomic mass is 32.2. The molecule has 2 rings (SSSR count).